The fraction of sp³-hybridized carbons (Fsp3) is 0.391. The summed E-state index contributed by atoms with van der Waals surface area (Å²) in [5.74, 6) is 1.90. The lowest BCUT2D eigenvalue weighted by molar-refractivity contribution is -0.135. The highest BCUT2D eigenvalue weighted by atomic mass is 16.2. The molecule has 30 heavy (non-hydrogen) atoms. The maximum absolute atomic E-state index is 12.8. The van der Waals surface area contributed by atoms with Gasteiger partial charge >= 0.3 is 0 Å². The molecular formula is C23H26N6O. The number of fused-ring (bicyclic) bond motifs is 1. The van der Waals surface area contributed by atoms with Crippen molar-refractivity contribution in [2.45, 2.75) is 25.7 Å². The van der Waals surface area contributed by atoms with Crippen molar-refractivity contribution in [3.8, 4) is 11.3 Å². The van der Waals surface area contributed by atoms with Gasteiger partial charge in [-0.1, -0.05) is 0 Å². The Hall–Kier alpha value is -3.22. The summed E-state index contributed by atoms with van der Waals surface area (Å²) in [4.78, 5) is 30.5. The number of likely N-dealkylation sites (tertiary alicyclic amines) is 1. The summed E-state index contributed by atoms with van der Waals surface area (Å²) in [5, 5.41) is 2.13. The standard InChI is InChI=1S/C23H26N6O/c24-21-14-17(3-8-26-21)20-13-18-15-25-7-4-19(18)22(27-20)28-11-5-16(6-12-28)23(30)29-9-1-2-10-29/h3-4,7-8,13-16H,1-2,5-6,9-12H2,(H2,24,26). The predicted octanol–water partition coefficient (Wildman–Crippen LogP) is 3.11. The Morgan fingerprint density at radius 1 is 1.03 bits per heavy atom. The highest BCUT2D eigenvalue weighted by Gasteiger charge is 2.30. The first-order valence-corrected chi connectivity index (χ1v) is 10.7. The third-order valence-corrected chi connectivity index (χ3v) is 6.25. The van der Waals surface area contributed by atoms with E-state index in [9.17, 15) is 4.79 Å². The molecule has 0 atom stereocenters. The van der Waals surface area contributed by atoms with Crippen LogP contribution in [0, 0.1) is 5.92 Å². The van der Waals surface area contributed by atoms with Crippen LogP contribution in [-0.4, -0.2) is 51.9 Å². The molecule has 7 heteroatoms. The van der Waals surface area contributed by atoms with E-state index in [4.69, 9.17) is 10.7 Å². The quantitative estimate of drug-likeness (QED) is 0.724. The van der Waals surface area contributed by atoms with Gasteiger partial charge in [0.1, 0.15) is 11.6 Å². The molecule has 1 amide bonds. The fourth-order valence-electron chi connectivity index (χ4n) is 4.61. The molecule has 0 bridgehead atoms. The number of piperidine rings is 1. The topological polar surface area (TPSA) is 88.2 Å². The van der Waals surface area contributed by atoms with E-state index >= 15 is 0 Å². The van der Waals surface area contributed by atoms with Gasteiger partial charge in [-0.25, -0.2) is 9.97 Å². The van der Waals surface area contributed by atoms with Crippen molar-refractivity contribution in [2.75, 3.05) is 36.8 Å². The predicted molar refractivity (Wildman–Crippen MR) is 118 cm³/mol. The van der Waals surface area contributed by atoms with Crippen LogP contribution in [0.15, 0.2) is 42.9 Å². The van der Waals surface area contributed by atoms with Gasteiger partial charge in [0.15, 0.2) is 0 Å². The van der Waals surface area contributed by atoms with Crippen LogP contribution in [-0.2, 0) is 4.79 Å². The number of pyridine rings is 3. The molecule has 2 fully saturated rings. The normalized spacial score (nSPS) is 17.6. The van der Waals surface area contributed by atoms with Crippen molar-refractivity contribution in [2.24, 2.45) is 5.92 Å². The Morgan fingerprint density at radius 2 is 1.83 bits per heavy atom. The van der Waals surface area contributed by atoms with Gasteiger partial charge in [0.25, 0.3) is 0 Å². The van der Waals surface area contributed by atoms with E-state index in [2.05, 4.69) is 14.9 Å². The number of anilines is 2. The van der Waals surface area contributed by atoms with E-state index in [0.717, 1.165) is 79.7 Å². The first kappa shape index (κ1) is 18.8. The van der Waals surface area contributed by atoms with Crippen LogP contribution in [0.1, 0.15) is 25.7 Å². The molecule has 3 aromatic heterocycles. The minimum atomic E-state index is 0.135. The Bertz CT molecular complexity index is 1070. The monoisotopic (exact) mass is 402 g/mol. The number of carbonyl (C=O) groups is 1. The maximum Gasteiger partial charge on any atom is 0.225 e. The summed E-state index contributed by atoms with van der Waals surface area (Å²) >= 11 is 0. The SMILES string of the molecule is Nc1cc(-c2cc3cnccc3c(N3CCC(C(=O)N4CCCC4)CC3)n2)ccn1. The van der Waals surface area contributed by atoms with E-state index in [1.54, 1.807) is 12.4 Å². The van der Waals surface area contributed by atoms with Crippen molar-refractivity contribution in [1.29, 1.82) is 0 Å². The first-order chi connectivity index (χ1) is 14.7. The summed E-state index contributed by atoms with van der Waals surface area (Å²) in [7, 11) is 0. The third kappa shape index (κ3) is 3.56. The summed E-state index contributed by atoms with van der Waals surface area (Å²) in [6, 6.07) is 7.83. The Labute approximate surface area is 175 Å². The minimum Gasteiger partial charge on any atom is -0.384 e. The van der Waals surface area contributed by atoms with Gasteiger partial charge in [-0.15, -0.1) is 0 Å². The highest BCUT2D eigenvalue weighted by Crippen LogP contribution is 2.32. The molecule has 7 nitrogen and oxygen atoms in total. The highest BCUT2D eigenvalue weighted by molar-refractivity contribution is 5.94. The molecule has 0 radical (unpaired) electrons. The number of nitrogens with zero attached hydrogens (tertiary/aromatic N) is 5. The van der Waals surface area contributed by atoms with Crippen LogP contribution in [0.4, 0.5) is 11.6 Å². The second-order valence-electron chi connectivity index (χ2n) is 8.19. The van der Waals surface area contributed by atoms with Gasteiger partial charge < -0.3 is 15.5 Å². The molecule has 2 aliphatic heterocycles. The van der Waals surface area contributed by atoms with E-state index in [1.807, 2.05) is 35.4 Å². The van der Waals surface area contributed by atoms with Gasteiger partial charge in [0.05, 0.1) is 5.69 Å². The van der Waals surface area contributed by atoms with Crippen LogP contribution >= 0.6 is 0 Å². The molecule has 0 aliphatic carbocycles. The number of rotatable bonds is 3. The number of nitrogens with two attached hydrogens (primary N) is 1. The van der Waals surface area contributed by atoms with Crippen LogP contribution in [0.2, 0.25) is 0 Å². The van der Waals surface area contributed by atoms with Crippen molar-refractivity contribution >= 4 is 28.3 Å². The molecule has 0 aromatic carbocycles. The van der Waals surface area contributed by atoms with E-state index < -0.39 is 0 Å². The molecule has 5 heterocycles. The lowest BCUT2D eigenvalue weighted by atomic mass is 9.95. The zero-order valence-electron chi connectivity index (χ0n) is 17.0. The first-order valence-electron chi connectivity index (χ1n) is 10.7. The van der Waals surface area contributed by atoms with Crippen molar-refractivity contribution in [1.82, 2.24) is 19.9 Å². The second-order valence-corrected chi connectivity index (χ2v) is 8.19. The summed E-state index contributed by atoms with van der Waals surface area (Å²) in [6.07, 6.45) is 9.40. The second kappa shape index (κ2) is 7.89. The van der Waals surface area contributed by atoms with E-state index in [1.165, 1.54) is 0 Å². The number of hydrogen-bond acceptors (Lipinski definition) is 6. The van der Waals surface area contributed by atoms with E-state index in [-0.39, 0.29) is 5.92 Å². The molecule has 2 aliphatic rings. The molecule has 2 N–H and O–H groups in total. The average molecular weight is 403 g/mol. The Morgan fingerprint density at radius 3 is 2.60 bits per heavy atom. The summed E-state index contributed by atoms with van der Waals surface area (Å²) in [5.41, 5.74) is 7.68. The van der Waals surface area contributed by atoms with Crippen molar-refractivity contribution in [3.63, 3.8) is 0 Å². The molecule has 154 valence electrons. The lowest BCUT2D eigenvalue weighted by Crippen LogP contribution is -2.42. The van der Waals surface area contributed by atoms with E-state index in [0.29, 0.717) is 11.7 Å². The third-order valence-electron chi connectivity index (χ3n) is 6.25. The molecule has 3 aromatic rings. The summed E-state index contributed by atoms with van der Waals surface area (Å²) in [6.45, 7) is 3.51. The van der Waals surface area contributed by atoms with Crippen LogP contribution < -0.4 is 10.6 Å². The number of carbonyl (C=O) groups excluding carboxylic acids is 1. The molecular weight excluding hydrogens is 376 g/mol. The summed E-state index contributed by atoms with van der Waals surface area (Å²) < 4.78 is 0. The smallest absolute Gasteiger partial charge is 0.225 e. The number of hydrogen-bond donors (Lipinski definition) is 1. The molecule has 2 saturated heterocycles. The average Bonchev–Trinajstić information content (AvgIpc) is 3.33. The zero-order chi connectivity index (χ0) is 20.5. The number of nitrogen functional groups attached to an aromatic ring is 1. The number of amides is 1. The van der Waals surface area contributed by atoms with Gasteiger partial charge in [-0.3, -0.25) is 9.78 Å². The number of aromatic nitrogens is 3. The Kier molecular flexibility index (Phi) is 4.94. The zero-order valence-corrected chi connectivity index (χ0v) is 17.0. The fourth-order valence-corrected chi connectivity index (χ4v) is 4.61. The van der Waals surface area contributed by atoms with Crippen LogP contribution in [0.25, 0.3) is 22.0 Å². The minimum absolute atomic E-state index is 0.135. The van der Waals surface area contributed by atoms with Crippen molar-refractivity contribution < 1.29 is 4.79 Å². The van der Waals surface area contributed by atoms with Crippen LogP contribution in [0.3, 0.4) is 0 Å². The Balaban J connectivity index is 1.43. The molecule has 0 unspecified atom stereocenters. The maximum atomic E-state index is 12.8. The van der Waals surface area contributed by atoms with Gasteiger partial charge in [-0.05, 0) is 49.9 Å². The largest absolute Gasteiger partial charge is 0.384 e. The molecule has 0 spiro atoms. The van der Waals surface area contributed by atoms with Crippen molar-refractivity contribution in [3.05, 3.63) is 42.9 Å². The lowest BCUT2D eigenvalue weighted by Gasteiger charge is -2.34. The van der Waals surface area contributed by atoms with Crippen LogP contribution in [0.5, 0.6) is 0 Å². The van der Waals surface area contributed by atoms with Gasteiger partial charge in [0.2, 0.25) is 5.91 Å². The molecule has 5 rings (SSSR count). The van der Waals surface area contributed by atoms with Gasteiger partial charge in [0, 0.05) is 67.0 Å². The molecule has 0 saturated carbocycles. The van der Waals surface area contributed by atoms with Gasteiger partial charge in [-0.2, -0.15) is 0 Å².